The Bertz CT molecular complexity index is 1640. The Morgan fingerprint density at radius 1 is 1.00 bits per heavy atom. The van der Waals surface area contributed by atoms with Crippen LogP contribution in [0.3, 0.4) is 0 Å². The van der Waals surface area contributed by atoms with E-state index in [1.807, 2.05) is 38.1 Å². The fourth-order valence-corrected chi connectivity index (χ4v) is 7.24. The van der Waals surface area contributed by atoms with Crippen LogP contribution < -0.4 is 15.6 Å². The molecule has 3 N–H and O–H groups in total. The number of pyridine rings is 1. The molecule has 11 heteroatoms. The highest BCUT2D eigenvalue weighted by Gasteiger charge is 2.44. The quantitative estimate of drug-likeness (QED) is 0.256. The second-order valence-corrected chi connectivity index (χ2v) is 12.8. The first kappa shape index (κ1) is 30.6. The summed E-state index contributed by atoms with van der Waals surface area (Å²) in [6.07, 6.45) is 9.72. The molecule has 0 spiro atoms. The third kappa shape index (κ3) is 5.87. The lowest BCUT2D eigenvalue weighted by Crippen LogP contribution is -2.47. The summed E-state index contributed by atoms with van der Waals surface area (Å²) in [4.78, 5) is 13.5. The predicted molar refractivity (Wildman–Crippen MR) is 167 cm³/mol. The van der Waals surface area contributed by atoms with Crippen molar-refractivity contribution in [3.05, 3.63) is 89.0 Å². The van der Waals surface area contributed by atoms with Gasteiger partial charge in [0.05, 0.1) is 33.3 Å². The van der Waals surface area contributed by atoms with Gasteiger partial charge in [0.25, 0.3) is 0 Å². The number of allylic oxidation sites excluding steroid dienone is 3. The molecule has 3 aliphatic rings. The highest BCUT2D eigenvalue weighted by atomic mass is 32.2. The van der Waals surface area contributed by atoms with Gasteiger partial charge in [0.1, 0.15) is 11.6 Å². The molecule has 1 aliphatic heterocycles. The van der Waals surface area contributed by atoms with Crippen LogP contribution in [-0.2, 0) is 15.4 Å². The van der Waals surface area contributed by atoms with Gasteiger partial charge in [0.2, 0.25) is 16.0 Å². The zero-order valence-electron chi connectivity index (χ0n) is 24.9. The minimum absolute atomic E-state index is 0. The van der Waals surface area contributed by atoms with Gasteiger partial charge < -0.3 is 10.9 Å². The van der Waals surface area contributed by atoms with E-state index in [0.717, 1.165) is 42.6 Å². The lowest BCUT2D eigenvalue weighted by Gasteiger charge is -2.45. The van der Waals surface area contributed by atoms with Crippen LogP contribution in [0.15, 0.2) is 66.1 Å². The second-order valence-electron chi connectivity index (χ2n) is 10.9. The van der Waals surface area contributed by atoms with Crippen molar-refractivity contribution in [3.63, 3.8) is 0 Å². The summed E-state index contributed by atoms with van der Waals surface area (Å²) in [5.74, 6) is -0.972. The number of aromatic nitrogens is 3. The third-order valence-corrected chi connectivity index (χ3v) is 10.3. The molecular weight excluding hydrogens is 570 g/mol. The Balaban J connectivity index is 0.00000144. The zero-order chi connectivity index (χ0) is 30.8. The van der Waals surface area contributed by atoms with Gasteiger partial charge in [-0.05, 0) is 80.4 Å². The normalized spacial score (nSPS) is 21.4. The summed E-state index contributed by atoms with van der Waals surface area (Å²) in [5, 5.41) is -0.365. The van der Waals surface area contributed by atoms with E-state index in [1.165, 1.54) is 18.2 Å². The van der Waals surface area contributed by atoms with E-state index < -0.39 is 27.1 Å². The van der Waals surface area contributed by atoms with Crippen LogP contribution in [0.2, 0.25) is 0 Å². The number of hydrogen-bond acceptors (Lipinski definition) is 7. The molecule has 2 atom stereocenters. The smallest absolute Gasteiger partial charge is 0.237 e. The summed E-state index contributed by atoms with van der Waals surface area (Å²) in [7, 11) is -3.45. The monoisotopic (exact) mass is 610 g/mol. The van der Waals surface area contributed by atoms with Crippen LogP contribution in [0.25, 0.3) is 17.0 Å². The van der Waals surface area contributed by atoms with E-state index >= 15 is 0 Å². The third-order valence-electron chi connectivity index (χ3n) is 8.46. The second kappa shape index (κ2) is 12.4. The number of nitrogens with one attached hydrogen (secondary N) is 3. The molecule has 2 aromatic heterocycles. The zero-order valence-corrected chi connectivity index (χ0v) is 25.7. The van der Waals surface area contributed by atoms with Crippen molar-refractivity contribution in [3.8, 4) is 11.3 Å². The Kier molecular flexibility index (Phi) is 8.82. The molecule has 1 saturated carbocycles. The Hall–Kier alpha value is -3.86. The first-order valence-corrected chi connectivity index (χ1v) is 16.5. The summed E-state index contributed by atoms with van der Waals surface area (Å²) in [5.41, 5.74) is 10.4. The minimum Gasteiger partial charge on any atom is -0.304 e. The Morgan fingerprint density at radius 3 is 2.30 bits per heavy atom. The average Bonchev–Trinajstić information content (AvgIpc) is 3.89. The SMILES string of the molecule is CC.CC[C@H]1CC[C@](CC)(c2cccc(-c3cnc(NS(=O)(=O)C4CC4)nc3)n2)C2=C1C=C(c1c(F)cccc1F)NN2.[HH]. The standard InChI is InChI=1S/C30H32F2N6O2S.C2H6.H2/c1-3-18-13-14-30(4-2,28-21(18)15-25(36-37-28)27-22(31)7-5-8-23(27)32)26-10-6-9-24(35-26)19-16-33-29(34-17-19)38-41(39,40)20-11-12-20;1-2;/h5-10,15-18,20,36-37H,3-4,11-14H2,1-2H3,(H,33,34,38);1-2H3;1H/t18-,30+;;/m0../s1. The largest absolute Gasteiger partial charge is 0.304 e. The topological polar surface area (TPSA) is 109 Å². The van der Waals surface area contributed by atoms with E-state index in [9.17, 15) is 17.2 Å². The van der Waals surface area contributed by atoms with Crippen LogP contribution in [0.5, 0.6) is 0 Å². The van der Waals surface area contributed by atoms with Crippen molar-refractivity contribution in [2.75, 3.05) is 4.72 Å². The van der Waals surface area contributed by atoms with E-state index in [0.29, 0.717) is 29.8 Å². The van der Waals surface area contributed by atoms with Gasteiger partial charge in [-0.2, -0.15) is 0 Å². The Labute approximate surface area is 253 Å². The van der Waals surface area contributed by atoms with E-state index in [4.69, 9.17) is 4.98 Å². The summed E-state index contributed by atoms with van der Waals surface area (Å²) >= 11 is 0. The van der Waals surface area contributed by atoms with Gasteiger partial charge in [-0.15, -0.1) is 0 Å². The molecule has 2 aliphatic carbocycles. The van der Waals surface area contributed by atoms with E-state index in [1.54, 1.807) is 12.4 Å². The number of rotatable bonds is 8. The summed E-state index contributed by atoms with van der Waals surface area (Å²) in [6, 6.07) is 9.69. The molecular formula is C32H40F2N6O2S. The van der Waals surface area contributed by atoms with Crippen LogP contribution in [-0.4, -0.2) is 28.6 Å². The van der Waals surface area contributed by atoms with Gasteiger partial charge >= 0.3 is 0 Å². The number of benzene rings is 1. The molecule has 6 rings (SSSR count). The molecule has 3 heterocycles. The number of nitrogens with zero attached hydrogens (tertiary/aromatic N) is 3. The first-order valence-electron chi connectivity index (χ1n) is 15.0. The molecule has 0 saturated heterocycles. The Morgan fingerprint density at radius 2 is 1.67 bits per heavy atom. The summed E-state index contributed by atoms with van der Waals surface area (Å²) < 4.78 is 56.2. The number of sulfonamides is 1. The maximum Gasteiger partial charge on any atom is 0.237 e. The lowest BCUT2D eigenvalue weighted by atomic mass is 9.65. The fourth-order valence-electron chi connectivity index (χ4n) is 5.95. The molecule has 1 fully saturated rings. The van der Waals surface area contributed by atoms with Crippen molar-refractivity contribution in [1.82, 2.24) is 25.8 Å². The number of hydrazine groups is 1. The molecule has 0 amide bonds. The van der Waals surface area contributed by atoms with Gasteiger partial charge in [-0.3, -0.25) is 9.71 Å². The molecule has 8 nitrogen and oxygen atoms in total. The molecule has 0 radical (unpaired) electrons. The molecule has 0 unspecified atom stereocenters. The first-order chi connectivity index (χ1) is 20.8. The molecule has 0 bridgehead atoms. The number of hydrogen-bond donors (Lipinski definition) is 3. The highest BCUT2D eigenvalue weighted by Crippen LogP contribution is 2.49. The average molecular weight is 611 g/mol. The van der Waals surface area contributed by atoms with Crippen molar-refractivity contribution in [2.45, 2.75) is 76.9 Å². The van der Waals surface area contributed by atoms with Gasteiger partial charge in [-0.1, -0.05) is 39.8 Å². The van der Waals surface area contributed by atoms with E-state index in [-0.39, 0.29) is 24.1 Å². The maximum absolute atomic E-state index is 14.7. The van der Waals surface area contributed by atoms with Crippen LogP contribution in [0.1, 0.15) is 78.9 Å². The van der Waals surface area contributed by atoms with Crippen LogP contribution >= 0.6 is 0 Å². The fraction of sp³-hybridized carbons (Fsp3) is 0.406. The predicted octanol–water partition coefficient (Wildman–Crippen LogP) is 6.86. The van der Waals surface area contributed by atoms with E-state index in [2.05, 4.69) is 39.4 Å². The molecule has 3 aromatic rings. The summed E-state index contributed by atoms with van der Waals surface area (Å²) in [6.45, 7) is 8.24. The van der Waals surface area contributed by atoms with Gasteiger partial charge in [-0.25, -0.2) is 27.2 Å². The maximum atomic E-state index is 14.7. The van der Waals surface area contributed by atoms with Crippen LogP contribution in [0.4, 0.5) is 14.7 Å². The number of anilines is 1. The lowest BCUT2D eigenvalue weighted by molar-refractivity contribution is 0.318. The van der Waals surface area contributed by atoms with Gasteiger partial charge in [0.15, 0.2) is 0 Å². The van der Waals surface area contributed by atoms with Gasteiger partial charge in [0, 0.05) is 25.1 Å². The van der Waals surface area contributed by atoms with Crippen molar-refractivity contribution in [2.24, 2.45) is 5.92 Å². The van der Waals surface area contributed by atoms with Crippen molar-refractivity contribution < 1.29 is 18.6 Å². The van der Waals surface area contributed by atoms with Crippen molar-refractivity contribution in [1.29, 1.82) is 0 Å². The molecule has 230 valence electrons. The van der Waals surface area contributed by atoms with Crippen molar-refractivity contribution >= 4 is 21.7 Å². The minimum atomic E-state index is -3.45. The molecule has 43 heavy (non-hydrogen) atoms. The van der Waals surface area contributed by atoms with Crippen LogP contribution in [0, 0.1) is 17.6 Å². The highest BCUT2D eigenvalue weighted by molar-refractivity contribution is 7.93. The number of halogens is 2. The molecule has 1 aromatic carbocycles.